The Bertz CT molecular complexity index is 759. The summed E-state index contributed by atoms with van der Waals surface area (Å²) in [5.41, 5.74) is 3.34. The van der Waals surface area contributed by atoms with E-state index in [0.29, 0.717) is 17.2 Å². The molecule has 2 amide bonds. The van der Waals surface area contributed by atoms with Crippen molar-refractivity contribution in [3.05, 3.63) is 54.1 Å². The number of ether oxygens (including phenoxy) is 2. The van der Waals surface area contributed by atoms with E-state index in [9.17, 15) is 9.59 Å². The standard InChI is InChI=1S/C17H17N3O4/c1-23-14-7-3-5-12(9-14)11-18-20-17(22)16(21)19-13-6-4-8-15(10-13)24-2/h3-11H,1-2H3,(H,19,21)(H,20,22)/b18-11+. The molecule has 0 atom stereocenters. The first-order valence-corrected chi connectivity index (χ1v) is 7.05. The fraction of sp³-hybridized carbons (Fsp3) is 0.118. The van der Waals surface area contributed by atoms with Gasteiger partial charge in [-0.1, -0.05) is 18.2 Å². The third-order valence-electron chi connectivity index (χ3n) is 3.01. The van der Waals surface area contributed by atoms with Gasteiger partial charge in [0.15, 0.2) is 0 Å². The summed E-state index contributed by atoms with van der Waals surface area (Å²) >= 11 is 0. The lowest BCUT2D eigenvalue weighted by Gasteiger charge is -2.05. The lowest BCUT2D eigenvalue weighted by Crippen LogP contribution is -2.32. The van der Waals surface area contributed by atoms with Gasteiger partial charge in [0, 0.05) is 11.8 Å². The van der Waals surface area contributed by atoms with Gasteiger partial charge in [-0.2, -0.15) is 5.10 Å². The minimum Gasteiger partial charge on any atom is -0.497 e. The smallest absolute Gasteiger partial charge is 0.329 e. The van der Waals surface area contributed by atoms with Crippen molar-refractivity contribution >= 4 is 23.7 Å². The van der Waals surface area contributed by atoms with Crippen molar-refractivity contribution in [1.29, 1.82) is 0 Å². The summed E-state index contributed by atoms with van der Waals surface area (Å²) in [6.07, 6.45) is 1.42. The highest BCUT2D eigenvalue weighted by Gasteiger charge is 2.13. The summed E-state index contributed by atoms with van der Waals surface area (Å²) in [7, 11) is 3.07. The predicted octanol–water partition coefficient (Wildman–Crippen LogP) is 1.79. The second kappa shape index (κ2) is 8.33. The fourth-order valence-corrected chi connectivity index (χ4v) is 1.83. The van der Waals surface area contributed by atoms with Crippen LogP contribution in [0.1, 0.15) is 5.56 Å². The summed E-state index contributed by atoms with van der Waals surface area (Å²) in [6, 6.07) is 13.8. The molecule has 0 fully saturated rings. The summed E-state index contributed by atoms with van der Waals surface area (Å²) in [5, 5.41) is 6.21. The zero-order chi connectivity index (χ0) is 17.4. The average Bonchev–Trinajstić information content (AvgIpc) is 2.62. The summed E-state index contributed by atoms with van der Waals surface area (Å²) in [4.78, 5) is 23.5. The van der Waals surface area contributed by atoms with Crippen LogP contribution in [-0.4, -0.2) is 32.2 Å². The maximum atomic E-state index is 11.8. The number of carbonyl (C=O) groups is 2. The van der Waals surface area contributed by atoms with Gasteiger partial charge in [0.25, 0.3) is 0 Å². The molecular weight excluding hydrogens is 310 g/mol. The topological polar surface area (TPSA) is 89.0 Å². The van der Waals surface area contributed by atoms with E-state index in [4.69, 9.17) is 9.47 Å². The van der Waals surface area contributed by atoms with E-state index in [2.05, 4.69) is 15.8 Å². The molecule has 0 aromatic heterocycles. The number of benzene rings is 2. The summed E-state index contributed by atoms with van der Waals surface area (Å²) < 4.78 is 10.1. The first-order chi connectivity index (χ1) is 11.6. The zero-order valence-corrected chi connectivity index (χ0v) is 13.3. The van der Waals surface area contributed by atoms with Crippen LogP contribution in [0.5, 0.6) is 11.5 Å². The first kappa shape index (κ1) is 17.0. The Hall–Kier alpha value is -3.35. The lowest BCUT2D eigenvalue weighted by atomic mass is 10.2. The van der Waals surface area contributed by atoms with E-state index in [-0.39, 0.29) is 0 Å². The maximum Gasteiger partial charge on any atom is 0.329 e. The van der Waals surface area contributed by atoms with E-state index in [1.807, 2.05) is 0 Å². The number of rotatable bonds is 5. The van der Waals surface area contributed by atoms with E-state index in [1.165, 1.54) is 13.3 Å². The molecule has 0 spiro atoms. The number of nitrogens with one attached hydrogen (secondary N) is 2. The quantitative estimate of drug-likeness (QED) is 0.498. The molecule has 2 rings (SSSR count). The van der Waals surface area contributed by atoms with E-state index in [1.54, 1.807) is 55.6 Å². The van der Waals surface area contributed by atoms with Gasteiger partial charge in [0.2, 0.25) is 0 Å². The molecule has 124 valence electrons. The normalized spacial score (nSPS) is 10.2. The van der Waals surface area contributed by atoms with Gasteiger partial charge in [0.05, 0.1) is 20.4 Å². The molecule has 7 heteroatoms. The third-order valence-corrected chi connectivity index (χ3v) is 3.01. The van der Waals surface area contributed by atoms with Crippen LogP contribution in [0.15, 0.2) is 53.6 Å². The highest BCUT2D eigenvalue weighted by molar-refractivity contribution is 6.39. The van der Waals surface area contributed by atoms with E-state index >= 15 is 0 Å². The second-order valence-corrected chi connectivity index (χ2v) is 4.66. The molecule has 2 N–H and O–H groups in total. The van der Waals surface area contributed by atoms with Crippen LogP contribution in [0, 0.1) is 0 Å². The SMILES string of the molecule is COc1cccc(/C=N/NC(=O)C(=O)Nc2cccc(OC)c2)c1. The van der Waals surface area contributed by atoms with Crippen molar-refractivity contribution in [3.63, 3.8) is 0 Å². The zero-order valence-electron chi connectivity index (χ0n) is 13.3. The minimum atomic E-state index is -0.878. The molecule has 24 heavy (non-hydrogen) atoms. The van der Waals surface area contributed by atoms with Crippen molar-refractivity contribution in [3.8, 4) is 11.5 Å². The number of methoxy groups -OCH3 is 2. The Kier molecular flexibility index (Phi) is 5.90. The number of anilines is 1. The summed E-state index contributed by atoms with van der Waals surface area (Å²) in [5.74, 6) is -0.465. The van der Waals surface area contributed by atoms with Crippen LogP contribution in [0.4, 0.5) is 5.69 Å². The lowest BCUT2D eigenvalue weighted by molar-refractivity contribution is -0.136. The second-order valence-electron chi connectivity index (χ2n) is 4.66. The number of hydrazone groups is 1. The largest absolute Gasteiger partial charge is 0.497 e. The molecule has 0 aliphatic heterocycles. The van der Waals surface area contributed by atoms with Crippen molar-refractivity contribution < 1.29 is 19.1 Å². The number of carbonyl (C=O) groups excluding carboxylic acids is 2. The predicted molar refractivity (Wildman–Crippen MR) is 90.4 cm³/mol. The Labute approximate surface area is 139 Å². The molecule has 0 saturated carbocycles. The van der Waals surface area contributed by atoms with Crippen molar-refractivity contribution in [2.24, 2.45) is 5.10 Å². The van der Waals surface area contributed by atoms with Gasteiger partial charge in [-0.05, 0) is 29.8 Å². The van der Waals surface area contributed by atoms with Gasteiger partial charge in [-0.15, -0.1) is 0 Å². The Morgan fingerprint density at radius 1 is 0.958 bits per heavy atom. The molecule has 0 aliphatic rings. The van der Waals surface area contributed by atoms with Crippen molar-refractivity contribution in [1.82, 2.24) is 5.43 Å². The molecule has 0 saturated heterocycles. The third kappa shape index (κ3) is 4.84. The first-order valence-electron chi connectivity index (χ1n) is 7.05. The number of nitrogens with zero attached hydrogens (tertiary/aromatic N) is 1. The van der Waals surface area contributed by atoms with Crippen molar-refractivity contribution in [2.45, 2.75) is 0 Å². The molecule has 0 unspecified atom stereocenters. The highest BCUT2D eigenvalue weighted by Crippen LogP contribution is 2.16. The van der Waals surface area contributed by atoms with Gasteiger partial charge >= 0.3 is 11.8 Å². The van der Waals surface area contributed by atoms with Gasteiger partial charge < -0.3 is 14.8 Å². The molecule has 2 aromatic rings. The highest BCUT2D eigenvalue weighted by atomic mass is 16.5. The van der Waals surface area contributed by atoms with Crippen molar-refractivity contribution in [2.75, 3.05) is 19.5 Å². The average molecular weight is 327 g/mol. The fourth-order valence-electron chi connectivity index (χ4n) is 1.83. The summed E-state index contributed by atoms with van der Waals surface area (Å²) in [6.45, 7) is 0. The van der Waals surface area contributed by atoms with Gasteiger partial charge in [-0.3, -0.25) is 9.59 Å². The molecular formula is C17H17N3O4. The Balaban J connectivity index is 1.91. The molecule has 0 bridgehead atoms. The number of amides is 2. The van der Waals surface area contributed by atoms with Crippen LogP contribution in [0.25, 0.3) is 0 Å². The van der Waals surface area contributed by atoms with Crippen LogP contribution in [-0.2, 0) is 9.59 Å². The maximum absolute atomic E-state index is 11.8. The Morgan fingerprint density at radius 3 is 2.33 bits per heavy atom. The molecule has 7 nitrogen and oxygen atoms in total. The van der Waals surface area contributed by atoms with E-state index < -0.39 is 11.8 Å². The monoisotopic (exact) mass is 327 g/mol. The van der Waals surface area contributed by atoms with Crippen LogP contribution in [0.2, 0.25) is 0 Å². The minimum absolute atomic E-state index is 0.450. The molecule has 0 aliphatic carbocycles. The van der Waals surface area contributed by atoms with Crippen LogP contribution >= 0.6 is 0 Å². The molecule has 0 radical (unpaired) electrons. The van der Waals surface area contributed by atoms with E-state index in [0.717, 1.165) is 5.56 Å². The number of hydrogen-bond donors (Lipinski definition) is 2. The van der Waals surface area contributed by atoms with Gasteiger partial charge in [-0.25, -0.2) is 5.43 Å². The molecule has 2 aromatic carbocycles. The molecule has 0 heterocycles. The van der Waals surface area contributed by atoms with Gasteiger partial charge in [0.1, 0.15) is 11.5 Å². The number of hydrogen-bond acceptors (Lipinski definition) is 5. The van der Waals surface area contributed by atoms with Crippen LogP contribution < -0.4 is 20.2 Å². The Morgan fingerprint density at radius 2 is 1.62 bits per heavy atom. The van der Waals surface area contributed by atoms with Crippen LogP contribution in [0.3, 0.4) is 0 Å².